The zero-order valence-corrected chi connectivity index (χ0v) is 8.17. The molecular weight excluding hydrogens is 242 g/mol. The van der Waals surface area contributed by atoms with E-state index in [4.69, 9.17) is 5.11 Å². The molecule has 0 radical (unpaired) electrons. The number of rotatable bonds is 2. The summed E-state index contributed by atoms with van der Waals surface area (Å²) in [6.45, 7) is 0. The van der Waals surface area contributed by atoms with E-state index < -0.39 is 11.7 Å². The van der Waals surface area contributed by atoms with Crippen LogP contribution in [0.3, 0.4) is 0 Å². The molecule has 3 N–H and O–H groups in total. The average Bonchev–Trinajstić information content (AvgIpc) is 2.08. The number of hydrogen-bond acceptors (Lipinski definition) is 4. The van der Waals surface area contributed by atoms with Crippen molar-refractivity contribution in [3.8, 4) is 0 Å². The molecule has 0 fully saturated rings. The molecular formula is C6H6BrN3O3. The van der Waals surface area contributed by atoms with E-state index in [9.17, 15) is 9.59 Å². The van der Waals surface area contributed by atoms with E-state index in [-0.39, 0.29) is 16.0 Å². The van der Waals surface area contributed by atoms with Gasteiger partial charge in [-0.25, -0.2) is 9.59 Å². The number of hydrogen-bond donors (Lipinski definition) is 3. The maximum atomic E-state index is 10.8. The lowest BCUT2D eigenvalue weighted by Gasteiger charge is -2.03. The van der Waals surface area contributed by atoms with E-state index in [1.807, 2.05) is 0 Å². The largest absolute Gasteiger partial charge is 0.477 e. The highest BCUT2D eigenvalue weighted by Gasteiger charge is 2.14. The molecule has 1 heterocycles. The standard InChI is InChI=1S/C6H6BrN3O3/c1-8-4-2(7)3(5(11)12)9-6(13)10-4/h1H3,(H,11,12)(H2,8,9,10,13). The number of nitrogens with zero attached hydrogens (tertiary/aromatic N) is 1. The fourth-order valence-corrected chi connectivity index (χ4v) is 1.33. The van der Waals surface area contributed by atoms with Crippen molar-refractivity contribution in [1.29, 1.82) is 0 Å². The minimum absolute atomic E-state index is 0.196. The first-order chi connectivity index (χ1) is 6.06. The van der Waals surface area contributed by atoms with Crippen molar-refractivity contribution in [2.75, 3.05) is 12.4 Å². The molecule has 1 rings (SSSR count). The molecule has 70 valence electrons. The first-order valence-electron chi connectivity index (χ1n) is 3.27. The molecule has 0 spiro atoms. The lowest BCUT2D eigenvalue weighted by Crippen LogP contribution is -2.18. The van der Waals surface area contributed by atoms with Crippen LogP contribution < -0.4 is 11.0 Å². The molecule has 0 unspecified atom stereocenters. The second-order valence-electron chi connectivity index (χ2n) is 2.13. The van der Waals surface area contributed by atoms with E-state index in [0.29, 0.717) is 0 Å². The molecule has 0 atom stereocenters. The van der Waals surface area contributed by atoms with Crippen molar-refractivity contribution in [3.05, 3.63) is 20.7 Å². The second-order valence-corrected chi connectivity index (χ2v) is 2.93. The van der Waals surface area contributed by atoms with Crippen LogP contribution in [0.2, 0.25) is 0 Å². The van der Waals surface area contributed by atoms with Gasteiger partial charge in [0.2, 0.25) is 0 Å². The molecule has 1 aromatic heterocycles. The van der Waals surface area contributed by atoms with Crippen LogP contribution in [0.5, 0.6) is 0 Å². The van der Waals surface area contributed by atoms with Crippen molar-refractivity contribution in [2.24, 2.45) is 0 Å². The third-order valence-electron chi connectivity index (χ3n) is 1.32. The zero-order chi connectivity index (χ0) is 10.0. The first-order valence-corrected chi connectivity index (χ1v) is 4.06. The van der Waals surface area contributed by atoms with E-state index in [0.717, 1.165) is 0 Å². The van der Waals surface area contributed by atoms with Gasteiger partial charge in [-0.1, -0.05) is 0 Å². The third kappa shape index (κ3) is 1.86. The van der Waals surface area contributed by atoms with E-state index >= 15 is 0 Å². The predicted molar refractivity (Wildman–Crippen MR) is 49.1 cm³/mol. The number of carboxylic acids is 1. The maximum Gasteiger partial charge on any atom is 0.353 e. The molecule has 0 aliphatic heterocycles. The lowest BCUT2D eigenvalue weighted by atomic mass is 10.4. The van der Waals surface area contributed by atoms with Gasteiger partial charge in [0.1, 0.15) is 11.5 Å². The predicted octanol–water partition coefficient (Wildman–Crippen LogP) is 0.272. The normalized spacial score (nSPS) is 9.69. The quantitative estimate of drug-likeness (QED) is 0.698. The summed E-state index contributed by atoms with van der Waals surface area (Å²) in [6.07, 6.45) is 0. The highest BCUT2D eigenvalue weighted by atomic mass is 79.9. The topological polar surface area (TPSA) is 95.1 Å². The van der Waals surface area contributed by atoms with Gasteiger partial charge < -0.3 is 10.4 Å². The number of nitrogens with one attached hydrogen (secondary N) is 2. The van der Waals surface area contributed by atoms with Gasteiger partial charge in [-0.3, -0.25) is 4.98 Å². The fraction of sp³-hybridized carbons (Fsp3) is 0.167. The zero-order valence-electron chi connectivity index (χ0n) is 6.59. The molecule has 0 amide bonds. The molecule has 7 heteroatoms. The Morgan fingerprint density at radius 1 is 1.69 bits per heavy atom. The molecule has 0 aliphatic rings. The summed E-state index contributed by atoms with van der Waals surface area (Å²) in [5, 5.41) is 11.2. The Hall–Kier alpha value is -1.37. The summed E-state index contributed by atoms with van der Waals surface area (Å²) >= 11 is 3.00. The van der Waals surface area contributed by atoms with Crippen LogP contribution in [0.1, 0.15) is 10.5 Å². The molecule has 0 bridgehead atoms. The number of H-pyrrole nitrogens is 1. The summed E-state index contributed by atoms with van der Waals surface area (Å²) in [5.41, 5.74) is -0.922. The van der Waals surface area contributed by atoms with Crippen molar-refractivity contribution in [1.82, 2.24) is 9.97 Å². The molecule has 6 nitrogen and oxygen atoms in total. The Morgan fingerprint density at radius 3 is 2.77 bits per heavy atom. The van der Waals surface area contributed by atoms with E-state index in [1.165, 1.54) is 7.05 Å². The van der Waals surface area contributed by atoms with Gasteiger partial charge in [0.15, 0.2) is 0 Å². The van der Waals surface area contributed by atoms with E-state index in [2.05, 4.69) is 31.2 Å². The first kappa shape index (κ1) is 9.72. The van der Waals surface area contributed by atoms with Crippen LogP contribution in [0.4, 0.5) is 5.82 Å². The summed E-state index contributed by atoms with van der Waals surface area (Å²) in [4.78, 5) is 27.0. The number of halogens is 1. The van der Waals surface area contributed by atoms with Gasteiger partial charge in [-0.15, -0.1) is 0 Å². The minimum atomic E-state index is -1.22. The monoisotopic (exact) mass is 247 g/mol. The van der Waals surface area contributed by atoms with Gasteiger partial charge in [-0.2, -0.15) is 4.98 Å². The number of aromatic amines is 1. The van der Waals surface area contributed by atoms with Gasteiger partial charge in [0, 0.05) is 7.05 Å². The van der Waals surface area contributed by atoms with Crippen LogP contribution in [0, 0.1) is 0 Å². The number of aromatic carboxylic acids is 1. The van der Waals surface area contributed by atoms with Crippen molar-refractivity contribution in [3.63, 3.8) is 0 Å². The number of carboxylic acid groups (broad SMARTS) is 1. The van der Waals surface area contributed by atoms with Crippen LogP contribution in [-0.4, -0.2) is 28.1 Å². The Morgan fingerprint density at radius 2 is 2.31 bits per heavy atom. The summed E-state index contributed by atoms with van der Waals surface area (Å²) in [6, 6.07) is 0. The summed E-state index contributed by atoms with van der Waals surface area (Å²) in [7, 11) is 1.54. The molecule has 0 saturated heterocycles. The molecule has 13 heavy (non-hydrogen) atoms. The Balaban J connectivity index is 3.44. The fourth-order valence-electron chi connectivity index (χ4n) is 0.772. The molecule has 1 aromatic rings. The van der Waals surface area contributed by atoms with Crippen LogP contribution >= 0.6 is 15.9 Å². The number of anilines is 1. The average molecular weight is 248 g/mol. The van der Waals surface area contributed by atoms with Crippen LogP contribution in [0.25, 0.3) is 0 Å². The van der Waals surface area contributed by atoms with Gasteiger partial charge in [-0.05, 0) is 15.9 Å². The summed E-state index contributed by atoms with van der Waals surface area (Å²) in [5.74, 6) is -1.02. The van der Waals surface area contributed by atoms with Crippen LogP contribution in [-0.2, 0) is 0 Å². The Labute approximate surface area is 81.1 Å². The van der Waals surface area contributed by atoms with Crippen molar-refractivity contribution >= 4 is 27.7 Å². The van der Waals surface area contributed by atoms with Gasteiger partial charge >= 0.3 is 11.7 Å². The van der Waals surface area contributed by atoms with Crippen LogP contribution in [0.15, 0.2) is 9.27 Å². The Bertz CT molecular complexity index is 401. The highest BCUT2D eigenvalue weighted by molar-refractivity contribution is 9.10. The highest BCUT2D eigenvalue weighted by Crippen LogP contribution is 2.20. The third-order valence-corrected chi connectivity index (χ3v) is 2.10. The molecule has 0 saturated carbocycles. The number of aromatic nitrogens is 2. The van der Waals surface area contributed by atoms with Crippen molar-refractivity contribution in [2.45, 2.75) is 0 Å². The molecule has 0 aromatic carbocycles. The lowest BCUT2D eigenvalue weighted by molar-refractivity contribution is 0.0689. The number of carbonyl (C=O) groups is 1. The van der Waals surface area contributed by atoms with Crippen molar-refractivity contribution < 1.29 is 9.90 Å². The summed E-state index contributed by atoms with van der Waals surface area (Å²) < 4.78 is 0.224. The molecule has 0 aliphatic carbocycles. The minimum Gasteiger partial charge on any atom is -0.477 e. The maximum absolute atomic E-state index is 10.8. The van der Waals surface area contributed by atoms with Gasteiger partial charge in [0.05, 0.1) is 4.47 Å². The Kier molecular flexibility index (Phi) is 2.66. The van der Waals surface area contributed by atoms with E-state index in [1.54, 1.807) is 0 Å². The van der Waals surface area contributed by atoms with Gasteiger partial charge in [0.25, 0.3) is 0 Å². The smallest absolute Gasteiger partial charge is 0.353 e. The second kappa shape index (κ2) is 3.56. The SMILES string of the molecule is CNc1nc(=O)[nH]c(C(=O)O)c1Br.